The average molecular weight is 285 g/mol. The van der Waals surface area contributed by atoms with Gasteiger partial charge in [0.15, 0.2) is 0 Å². The third kappa shape index (κ3) is 5.52. The van der Waals surface area contributed by atoms with Crippen LogP contribution in [0.4, 0.5) is 0 Å². The molecule has 6 heteroatoms. The van der Waals surface area contributed by atoms with Gasteiger partial charge in [0.1, 0.15) is 0 Å². The molecule has 0 amide bonds. The molecule has 0 spiro atoms. The predicted molar refractivity (Wildman–Crippen MR) is 74.9 cm³/mol. The molecular weight excluding hydrogens is 266 g/mol. The van der Waals surface area contributed by atoms with Crippen LogP contribution in [0, 0.1) is 0 Å². The first kappa shape index (κ1) is 15.8. The van der Waals surface area contributed by atoms with Crippen molar-refractivity contribution in [1.82, 2.24) is 4.31 Å². The van der Waals surface area contributed by atoms with E-state index >= 15 is 0 Å². The van der Waals surface area contributed by atoms with Crippen LogP contribution in [-0.2, 0) is 14.8 Å². The van der Waals surface area contributed by atoms with Crippen molar-refractivity contribution in [3.8, 4) is 0 Å². The normalized spacial score (nSPS) is 14.1. The van der Waals surface area contributed by atoms with E-state index in [0.717, 1.165) is 15.3 Å². The SMILES string of the molecule is COCC(O)CN(C)S(=O)(=O)/C=C/c1ccccc1. The second-order valence-electron chi connectivity index (χ2n) is 4.15. The lowest BCUT2D eigenvalue weighted by molar-refractivity contribution is 0.0556. The Morgan fingerprint density at radius 1 is 1.37 bits per heavy atom. The first-order chi connectivity index (χ1) is 8.95. The van der Waals surface area contributed by atoms with Gasteiger partial charge in [-0.05, 0) is 11.6 Å². The Labute approximate surface area is 114 Å². The van der Waals surface area contributed by atoms with Crippen molar-refractivity contribution in [2.45, 2.75) is 6.10 Å². The van der Waals surface area contributed by atoms with E-state index in [0.29, 0.717) is 0 Å². The summed E-state index contributed by atoms with van der Waals surface area (Å²) in [4.78, 5) is 0. The first-order valence-electron chi connectivity index (χ1n) is 5.82. The van der Waals surface area contributed by atoms with E-state index in [9.17, 15) is 13.5 Å². The Kier molecular flexibility index (Phi) is 6.17. The van der Waals surface area contributed by atoms with Gasteiger partial charge in [-0.25, -0.2) is 8.42 Å². The summed E-state index contributed by atoms with van der Waals surface area (Å²) in [7, 11) is -0.663. The Morgan fingerprint density at radius 2 is 2.00 bits per heavy atom. The van der Waals surface area contributed by atoms with Crippen molar-refractivity contribution in [3.05, 3.63) is 41.3 Å². The van der Waals surface area contributed by atoms with Gasteiger partial charge in [0.25, 0.3) is 0 Å². The van der Waals surface area contributed by atoms with E-state index in [1.807, 2.05) is 30.3 Å². The molecule has 0 aliphatic carbocycles. The Bertz CT molecular complexity index is 499. The highest BCUT2D eigenvalue weighted by Gasteiger charge is 2.17. The molecule has 1 atom stereocenters. The van der Waals surface area contributed by atoms with Crippen LogP contribution in [0.15, 0.2) is 35.7 Å². The molecule has 1 N–H and O–H groups in total. The van der Waals surface area contributed by atoms with Crippen LogP contribution in [0.5, 0.6) is 0 Å². The van der Waals surface area contributed by atoms with Gasteiger partial charge in [-0.2, -0.15) is 4.31 Å². The zero-order valence-corrected chi connectivity index (χ0v) is 11.9. The molecule has 0 aliphatic rings. The van der Waals surface area contributed by atoms with Crippen molar-refractivity contribution < 1.29 is 18.3 Å². The van der Waals surface area contributed by atoms with Crippen LogP contribution >= 0.6 is 0 Å². The molecule has 0 saturated carbocycles. The third-order valence-corrected chi connectivity index (χ3v) is 3.99. The van der Waals surface area contributed by atoms with E-state index < -0.39 is 16.1 Å². The average Bonchev–Trinajstić information content (AvgIpc) is 2.38. The summed E-state index contributed by atoms with van der Waals surface area (Å²) in [6, 6.07) is 9.15. The molecule has 1 unspecified atom stereocenters. The van der Waals surface area contributed by atoms with E-state index in [4.69, 9.17) is 4.74 Å². The molecule has 1 rings (SSSR count). The van der Waals surface area contributed by atoms with Crippen LogP contribution < -0.4 is 0 Å². The minimum Gasteiger partial charge on any atom is -0.389 e. The lowest BCUT2D eigenvalue weighted by atomic mass is 10.2. The van der Waals surface area contributed by atoms with Crippen LogP contribution in [0.2, 0.25) is 0 Å². The predicted octanol–water partition coefficient (Wildman–Crippen LogP) is 0.926. The summed E-state index contributed by atoms with van der Waals surface area (Å²) in [5, 5.41) is 10.6. The minimum absolute atomic E-state index is 0.00466. The number of methoxy groups -OCH3 is 1. The molecule has 0 fully saturated rings. The molecule has 0 heterocycles. The van der Waals surface area contributed by atoms with E-state index in [-0.39, 0.29) is 13.2 Å². The van der Waals surface area contributed by atoms with Gasteiger partial charge in [0.2, 0.25) is 10.0 Å². The molecule has 1 aromatic carbocycles. The molecule has 0 aliphatic heterocycles. The van der Waals surface area contributed by atoms with E-state index in [1.54, 1.807) is 0 Å². The van der Waals surface area contributed by atoms with E-state index in [2.05, 4.69) is 0 Å². The summed E-state index contributed by atoms with van der Waals surface area (Å²) < 4.78 is 29.7. The van der Waals surface area contributed by atoms with Gasteiger partial charge < -0.3 is 9.84 Å². The van der Waals surface area contributed by atoms with E-state index in [1.165, 1.54) is 20.2 Å². The highest BCUT2D eigenvalue weighted by Crippen LogP contribution is 2.07. The lowest BCUT2D eigenvalue weighted by Gasteiger charge is -2.18. The molecule has 0 aromatic heterocycles. The Morgan fingerprint density at radius 3 is 2.58 bits per heavy atom. The highest BCUT2D eigenvalue weighted by atomic mass is 32.2. The fourth-order valence-electron chi connectivity index (χ4n) is 1.48. The van der Waals surface area contributed by atoms with Crippen molar-refractivity contribution in [3.63, 3.8) is 0 Å². The monoisotopic (exact) mass is 285 g/mol. The zero-order valence-electron chi connectivity index (χ0n) is 11.1. The number of ether oxygens (including phenoxy) is 1. The molecule has 5 nitrogen and oxygen atoms in total. The maximum atomic E-state index is 11.9. The smallest absolute Gasteiger partial charge is 0.236 e. The van der Waals surface area contributed by atoms with Gasteiger partial charge in [0.05, 0.1) is 12.7 Å². The summed E-state index contributed by atoms with van der Waals surface area (Å²) in [6.07, 6.45) is 0.684. The number of nitrogens with zero attached hydrogens (tertiary/aromatic N) is 1. The quantitative estimate of drug-likeness (QED) is 0.809. The molecule has 0 bridgehead atoms. The maximum absolute atomic E-state index is 11.9. The van der Waals surface area contributed by atoms with Crippen molar-refractivity contribution in [1.29, 1.82) is 0 Å². The van der Waals surface area contributed by atoms with Crippen LogP contribution in [0.1, 0.15) is 5.56 Å². The summed E-state index contributed by atoms with van der Waals surface area (Å²) >= 11 is 0. The number of aliphatic hydroxyl groups is 1. The lowest BCUT2D eigenvalue weighted by Crippen LogP contribution is -2.35. The minimum atomic E-state index is -3.53. The number of hydrogen-bond donors (Lipinski definition) is 1. The van der Waals surface area contributed by atoms with Crippen LogP contribution in [0.3, 0.4) is 0 Å². The molecule has 0 radical (unpaired) electrons. The van der Waals surface area contributed by atoms with Gasteiger partial charge in [0, 0.05) is 26.1 Å². The summed E-state index contributed by atoms with van der Waals surface area (Å²) in [6.45, 7) is 0.0948. The van der Waals surface area contributed by atoms with Crippen LogP contribution in [-0.4, -0.2) is 51.2 Å². The number of sulfonamides is 1. The van der Waals surface area contributed by atoms with Gasteiger partial charge in [-0.1, -0.05) is 30.3 Å². The Balaban J connectivity index is 2.68. The largest absolute Gasteiger partial charge is 0.389 e. The van der Waals surface area contributed by atoms with Gasteiger partial charge in [-0.3, -0.25) is 0 Å². The summed E-state index contributed by atoms with van der Waals surface area (Å²) in [5.41, 5.74) is 0.803. The fourth-order valence-corrected chi connectivity index (χ4v) is 2.40. The molecule has 1 aromatic rings. The Hall–Kier alpha value is -1.21. The van der Waals surface area contributed by atoms with Crippen molar-refractivity contribution >= 4 is 16.1 Å². The van der Waals surface area contributed by atoms with Gasteiger partial charge >= 0.3 is 0 Å². The topological polar surface area (TPSA) is 66.8 Å². The standard InChI is InChI=1S/C13H19NO4S/c1-14(10-13(15)11-18-2)19(16,17)9-8-12-6-4-3-5-7-12/h3-9,13,15H,10-11H2,1-2H3/b9-8+. The second kappa shape index (κ2) is 7.40. The highest BCUT2D eigenvalue weighted by molar-refractivity contribution is 7.92. The number of benzene rings is 1. The number of hydrogen-bond acceptors (Lipinski definition) is 4. The van der Waals surface area contributed by atoms with Crippen molar-refractivity contribution in [2.75, 3.05) is 27.3 Å². The van der Waals surface area contributed by atoms with Crippen LogP contribution in [0.25, 0.3) is 6.08 Å². The second-order valence-corrected chi connectivity index (χ2v) is 6.07. The molecule has 0 saturated heterocycles. The number of aliphatic hydroxyl groups excluding tert-OH is 1. The van der Waals surface area contributed by atoms with Gasteiger partial charge in [-0.15, -0.1) is 0 Å². The third-order valence-electron chi connectivity index (χ3n) is 2.49. The fraction of sp³-hybridized carbons (Fsp3) is 0.385. The number of likely N-dealkylation sites (N-methyl/N-ethyl adjacent to an activating group) is 1. The zero-order chi connectivity index (χ0) is 14.3. The first-order valence-corrected chi connectivity index (χ1v) is 7.32. The molecule has 19 heavy (non-hydrogen) atoms. The summed E-state index contributed by atoms with van der Waals surface area (Å²) in [5.74, 6) is 0. The van der Waals surface area contributed by atoms with Crippen molar-refractivity contribution in [2.24, 2.45) is 0 Å². The number of rotatable bonds is 7. The maximum Gasteiger partial charge on any atom is 0.236 e. The molecule has 106 valence electrons. The molecular formula is C13H19NO4S.